The van der Waals surface area contributed by atoms with Crippen molar-refractivity contribution < 1.29 is 4.74 Å². The zero-order valence-electron chi connectivity index (χ0n) is 11.4. The summed E-state index contributed by atoms with van der Waals surface area (Å²) in [7, 11) is 0. The van der Waals surface area contributed by atoms with E-state index in [2.05, 4.69) is 29.1 Å². The first-order valence-electron chi connectivity index (χ1n) is 7.24. The van der Waals surface area contributed by atoms with Crippen LogP contribution in [0.2, 0.25) is 0 Å². The average molecular weight is 267 g/mol. The summed E-state index contributed by atoms with van der Waals surface area (Å²) in [6, 6.07) is 2.90. The van der Waals surface area contributed by atoms with E-state index < -0.39 is 0 Å². The Labute approximate surface area is 115 Å². The molecular formula is C15H25NOS. The molecule has 3 heteroatoms. The van der Waals surface area contributed by atoms with Crippen LogP contribution in [0.25, 0.3) is 0 Å². The molecular weight excluding hydrogens is 242 g/mol. The van der Waals surface area contributed by atoms with E-state index in [0.717, 1.165) is 13.2 Å². The Balaban J connectivity index is 1.69. The molecule has 2 unspecified atom stereocenters. The van der Waals surface area contributed by atoms with Gasteiger partial charge in [0.1, 0.15) is 0 Å². The van der Waals surface area contributed by atoms with Crippen molar-refractivity contribution in [1.29, 1.82) is 0 Å². The van der Waals surface area contributed by atoms with E-state index in [1.807, 2.05) is 0 Å². The van der Waals surface area contributed by atoms with Gasteiger partial charge in [0.25, 0.3) is 0 Å². The molecule has 2 nitrogen and oxygen atoms in total. The van der Waals surface area contributed by atoms with Crippen molar-refractivity contribution >= 4 is 11.3 Å². The fourth-order valence-electron chi connectivity index (χ4n) is 2.67. The van der Waals surface area contributed by atoms with Crippen molar-refractivity contribution in [3.05, 3.63) is 22.4 Å². The van der Waals surface area contributed by atoms with Crippen molar-refractivity contribution in [2.45, 2.75) is 57.6 Å². The van der Waals surface area contributed by atoms with Crippen LogP contribution in [0.3, 0.4) is 0 Å². The number of hydrogen-bond donors (Lipinski definition) is 1. The molecule has 0 radical (unpaired) electrons. The van der Waals surface area contributed by atoms with Crippen LogP contribution in [0.4, 0.5) is 0 Å². The van der Waals surface area contributed by atoms with E-state index in [1.165, 1.54) is 44.1 Å². The zero-order valence-corrected chi connectivity index (χ0v) is 12.2. The van der Waals surface area contributed by atoms with Crippen LogP contribution >= 0.6 is 11.3 Å². The maximum atomic E-state index is 5.71. The van der Waals surface area contributed by atoms with Gasteiger partial charge in [-0.2, -0.15) is 11.3 Å². The topological polar surface area (TPSA) is 21.3 Å². The highest BCUT2D eigenvalue weighted by Crippen LogP contribution is 2.19. The molecule has 18 heavy (non-hydrogen) atoms. The van der Waals surface area contributed by atoms with Crippen molar-refractivity contribution in [2.24, 2.45) is 0 Å². The summed E-state index contributed by atoms with van der Waals surface area (Å²) in [4.78, 5) is 0. The zero-order chi connectivity index (χ0) is 12.6. The maximum absolute atomic E-state index is 5.71. The number of thiophene rings is 1. The summed E-state index contributed by atoms with van der Waals surface area (Å²) in [5.41, 5.74) is 1.49. The van der Waals surface area contributed by atoms with Gasteiger partial charge in [-0.25, -0.2) is 0 Å². The van der Waals surface area contributed by atoms with Gasteiger partial charge in [0.2, 0.25) is 0 Å². The normalized spacial score (nSPS) is 21.3. The number of nitrogens with one attached hydrogen (secondary N) is 1. The molecule has 1 saturated heterocycles. The van der Waals surface area contributed by atoms with Crippen molar-refractivity contribution in [1.82, 2.24) is 5.32 Å². The fraction of sp³-hybridized carbons (Fsp3) is 0.733. The maximum Gasteiger partial charge on any atom is 0.0576 e. The Bertz CT molecular complexity index is 306. The monoisotopic (exact) mass is 267 g/mol. The van der Waals surface area contributed by atoms with Crippen LogP contribution in [-0.2, 0) is 11.2 Å². The SMILES string of the molecule is CCNC(CCc1ccsc1)CCC1CCCO1. The summed E-state index contributed by atoms with van der Waals surface area (Å²) in [5.74, 6) is 0. The molecule has 0 aliphatic carbocycles. The summed E-state index contributed by atoms with van der Waals surface area (Å²) >= 11 is 1.80. The van der Waals surface area contributed by atoms with Crippen LogP contribution < -0.4 is 5.32 Å². The first-order chi connectivity index (χ1) is 8.88. The lowest BCUT2D eigenvalue weighted by molar-refractivity contribution is 0.0993. The molecule has 0 saturated carbocycles. The Morgan fingerprint density at radius 1 is 1.50 bits per heavy atom. The van der Waals surface area contributed by atoms with Crippen LogP contribution in [-0.4, -0.2) is 25.3 Å². The van der Waals surface area contributed by atoms with Gasteiger partial charge in [-0.15, -0.1) is 0 Å². The van der Waals surface area contributed by atoms with Crippen LogP contribution in [0.5, 0.6) is 0 Å². The molecule has 0 bridgehead atoms. The minimum absolute atomic E-state index is 0.535. The molecule has 0 amide bonds. The fourth-order valence-corrected chi connectivity index (χ4v) is 3.38. The van der Waals surface area contributed by atoms with E-state index in [-0.39, 0.29) is 0 Å². The molecule has 1 aliphatic rings. The van der Waals surface area contributed by atoms with Gasteiger partial charge in [0.05, 0.1) is 6.10 Å². The van der Waals surface area contributed by atoms with Gasteiger partial charge in [0.15, 0.2) is 0 Å². The number of ether oxygens (including phenoxy) is 1. The molecule has 0 aromatic carbocycles. The van der Waals surface area contributed by atoms with Gasteiger partial charge in [-0.1, -0.05) is 6.92 Å². The summed E-state index contributed by atoms with van der Waals surface area (Å²) in [5, 5.41) is 8.05. The molecule has 1 aromatic rings. The Hall–Kier alpha value is -0.380. The van der Waals surface area contributed by atoms with Crippen molar-refractivity contribution in [3.8, 4) is 0 Å². The minimum atomic E-state index is 0.535. The Kier molecular flexibility index (Phi) is 6.18. The second-order valence-corrected chi connectivity index (χ2v) is 5.92. The highest BCUT2D eigenvalue weighted by atomic mass is 32.1. The third kappa shape index (κ3) is 4.71. The number of rotatable bonds is 8. The quantitative estimate of drug-likeness (QED) is 0.777. The standard InChI is InChI=1S/C15H25NOS/c1-2-16-14(6-5-13-9-11-18-12-13)7-8-15-4-3-10-17-15/h9,11-12,14-16H,2-8,10H2,1H3. The number of hydrogen-bond acceptors (Lipinski definition) is 3. The van der Waals surface area contributed by atoms with Gasteiger partial charge < -0.3 is 10.1 Å². The van der Waals surface area contributed by atoms with E-state index >= 15 is 0 Å². The third-order valence-corrected chi connectivity index (χ3v) is 4.45. The highest BCUT2D eigenvalue weighted by molar-refractivity contribution is 7.07. The molecule has 1 aliphatic heterocycles. The smallest absolute Gasteiger partial charge is 0.0576 e. The minimum Gasteiger partial charge on any atom is -0.378 e. The molecule has 2 rings (SSSR count). The van der Waals surface area contributed by atoms with E-state index in [4.69, 9.17) is 4.74 Å². The average Bonchev–Trinajstić information content (AvgIpc) is 3.05. The van der Waals surface area contributed by atoms with E-state index in [1.54, 1.807) is 11.3 Å². The van der Waals surface area contributed by atoms with Gasteiger partial charge >= 0.3 is 0 Å². The van der Waals surface area contributed by atoms with E-state index in [0.29, 0.717) is 12.1 Å². The Morgan fingerprint density at radius 3 is 3.11 bits per heavy atom. The summed E-state index contributed by atoms with van der Waals surface area (Å²) in [6.07, 6.45) is 7.98. The number of aryl methyl sites for hydroxylation is 1. The van der Waals surface area contributed by atoms with Gasteiger partial charge in [-0.05, 0) is 67.5 Å². The van der Waals surface area contributed by atoms with Crippen LogP contribution in [0.1, 0.15) is 44.6 Å². The van der Waals surface area contributed by atoms with E-state index in [9.17, 15) is 0 Å². The second-order valence-electron chi connectivity index (χ2n) is 5.14. The molecule has 1 fully saturated rings. The van der Waals surface area contributed by atoms with Crippen molar-refractivity contribution in [2.75, 3.05) is 13.2 Å². The van der Waals surface area contributed by atoms with Crippen LogP contribution in [0.15, 0.2) is 16.8 Å². The first-order valence-corrected chi connectivity index (χ1v) is 8.19. The molecule has 2 atom stereocenters. The molecule has 0 spiro atoms. The molecule has 102 valence electrons. The molecule has 2 heterocycles. The lowest BCUT2D eigenvalue weighted by atomic mass is 10.0. The van der Waals surface area contributed by atoms with Gasteiger partial charge in [0, 0.05) is 12.6 Å². The lowest BCUT2D eigenvalue weighted by Crippen LogP contribution is -2.30. The van der Waals surface area contributed by atoms with Crippen molar-refractivity contribution in [3.63, 3.8) is 0 Å². The third-order valence-electron chi connectivity index (χ3n) is 3.72. The molecule has 1 N–H and O–H groups in total. The second kappa shape index (κ2) is 7.93. The summed E-state index contributed by atoms with van der Waals surface area (Å²) in [6.45, 7) is 4.24. The summed E-state index contributed by atoms with van der Waals surface area (Å²) < 4.78 is 5.71. The largest absolute Gasteiger partial charge is 0.378 e. The lowest BCUT2D eigenvalue weighted by Gasteiger charge is -2.19. The predicted octanol–water partition coefficient (Wildman–Crippen LogP) is 3.62. The predicted molar refractivity (Wildman–Crippen MR) is 78.3 cm³/mol. The van der Waals surface area contributed by atoms with Crippen LogP contribution in [0, 0.1) is 0 Å². The first kappa shape index (κ1) is 14.0. The highest BCUT2D eigenvalue weighted by Gasteiger charge is 2.17. The Morgan fingerprint density at radius 2 is 2.44 bits per heavy atom. The molecule has 1 aromatic heterocycles. The van der Waals surface area contributed by atoms with Gasteiger partial charge in [-0.3, -0.25) is 0 Å².